The minimum absolute atomic E-state index is 0.00695. The lowest BCUT2D eigenvalue weighted by Crippen LogP contribution is -2.45. The van der Waals surface area contributed by atoms with Crippen LogP contribution >= 0.6 is 0 Å². The lowest BCUT2D eigenvalue weighted by atomic mass is 10.0. The Morgan fingerprint density at radius 1 is 0.391 bits per heavy atom. The molecule has 2 unspecified atom stereocenters. The van der Waals surface area contributed by atoms with Crippen LogP contribution in [0, 0.1) is 0 Å². The van der Waals surface area contributed by atoms with Gasteiger partial charge in [-0.1, -0.05) is 269 Å². The third-order valence-electron chi connectivity index (χ3n) is 14.1. The molecule has 0 radical (unpaired) electrons. The van der Waals surface area contributed by atoms with Gasteiger partial charge in [0.1, 0.15) is 0 Å². The van der Waals surface area contributed by atoms with Crippen molar-refractivity contribution in [1.82, 2.24) is 5.32 Å². The molecule has 0 saturated carbocycles. The second kappa shape index (κ2) is 58.6. The molecule has 0 heterocycles. The van der Waals surface area contributed by atoms with E-state index in [9.17, 15) is 19.8 Å². The molecule has 0 bridgehead atoms. The van der Waals surface area contributed by atoms with Gasteiger partial charge in [0.15, 0.2) is 0 Å². The van der Waals surface area contributed by atoms with Gasteiger partial charge in [0.05, 0.1) is 25.4 Å². The number of ether oxygens (including phenoxy) is 1. The van der Waals surface area contributed by atoms with Gasteiger partial charge in [-0.15, -0.1) is 0 Å². The van der Waals surface area contributed by atoms with Crippen molar-refractivity contribution < 1.29 is 24.5 Å². The lowest BCUT2D eigenvalue weighted by Gasteiger charge is -2.20. The van der Waals surface area contributed by atoms with Crippen molar-refractivity contribution in [3.8, 4) is 0 Å². The third kappa shape index (κ3) is 55.2. The summed E-state index contributed by atoms with van der Waals surface area (Å²) in [5.74, 6) is -0.0612. The van der Waals surface area contributed by atoms with Gasteiger partial charge in [0.2, 0.25) is 5.91 Å². The van der Waals surface area contributed by atoms with Crippen LogP contribution in [0.1, 0.15) is 328 Å². The summed E-state index contributed by atoms with van der Waals surface area (Å²) in [6.45, 7) is 4.86. The Morgan fingerprint density at radius 2 is 0.681 bits per heavy atom. The summed E-state index contributed by atoms with van der Waals surface area (Å²) in [5.41, 5.74) is 0. The number of allylic oxidation sites excluding steroid dienone is 5. The molecule has 0 aromatic rings. The van der Waals surface area contributed by atoms with Crippen molar-refractivity contribution in [2.75, 3.05) is 13.2 Å². The van der Waals surface area contributed by atoms with E-state index in [-0.39, 0.29) is 18.5 Å². The number of aliphatic hydroxyl groups is 2. The Bertz CT molecular complexity index is 1120. The highest BCUT2D eigenvalue weighted by Gasteiger charge is 2.18. The quantitative estimate of drug-likeness (QED) is 0.0321. The number of amides is 1. The first-order valence-corrected chi connectivity index (χ1v) is 30.8. The van der Waals surface area contributed by atoms with Gasteiger partial charge < -0.3 is 20.3 Å². The number of rotatable bonds is 57. The topological polar surface area (TPSA) is 95.9 Å². The van der Waals surface area contributed by atoms with Gasteiger partial charge in [-0.25, -0.2) is 0 Å². The maximum Gasteiger partial charge on any atom is 0.305 e. The van der Waals surface area contributed by atoms with Crippen LogP contribution < -0.4 is 5.32 Å². The van der Waals surface area contributed by atoms with Crippen LogP contribution in [-0.4, -0.2) is 47.4 Å². The summed E-state index contributed by atoms with van der Waals surface area (Å²) in [7, 11) is 0. The summed E-state index contributed by atoms with van der Waals surface area (Å²) < 4.78 is 5.47. The first kappa shape index (κ1) is 67.1. The normalized spacial score (nSPS) is 12.8. The van der Waals surface area contributed by atoms with Gasteiger partial charge in [-0.05, 0) is 83.5 Å². The van der Waals surface area contributed by atoms with Crippen LogP contribution in [0.25, 0.3) is 0 Å². The van der Waals surface area contributed by atoms with Gasteiger partial charge in [-0.3, -0.25) is 9.59 Å². The molecule has 0 aliphatic heterocycles. The number of hydrogen-bond donors (Lipinski definition) is 3. The van der Waals surface area contributed by atoms with Gasteiger partial charge in [0.25, 0.3) is 0 Å². The van der Waals surface area contributed by atoms with Gasteiger partial charge in [0, 0.05) is 12.8 Å². The van der Waals surface area contributed by atoms with Crippen molar-refractivity contribution in [3.05, 3.63) is 36.5 Å². The fourth-order valence-corrected chi connectivity index (χ4v) is 9.39. The Kier molecular flexibility index (Phi) is 57.0. The Balaban J connectivity index is 3.35. The fraction of sp³-hybridized carbons (Fsp3) is 0.873. The smallest absolute Gasteiger partial charge is 0.305 e. The fourth-order valence-electron chi connectivity index (χ4n) is 9.39. The van der Waals surface area contributed by atoms with E-state index < -0.39 is 12.1 Å². The van der Waals surface area contributed by atoms with Crippen molar-refractivity contribution in [3.63, 3.8) is 0 Å². The molecule has 0 saturated heterocycles. The van der Waals surface area contributed by atoms with Crippen LogP contribution in [0.2, 0.25) is 0 Å². The molecule has 0 rings (SSSR count). The number of hydrogen-bond acceptors (Lipinski definition) is 5. The maximum absolute atomic E-state index is 12.4. The first-order chi connectivity index (χ1) is 34.0. The Labute approximate surface area is 430 Å². The van der Waals surface area contributed by atoms with Crippen LogP contribution in [0.15, 0.2) is 36.5 Å². The molecule has 1 amide bonds. The summed E-state index contributed by atoms with van der Waals surface area (Å²) in [4.78, 5) is 24.4. The van der Waals surface area contributed by atoms with E-state index in [2.05, 4.69) is 43.5 Å². The van der Waals surface area contributed by atoms with Crippen molar-refractivity contribution in [2.45, 2.75) is 341 Å². The van der Waals surface area contributed by atoms with E-state index in [1.54, 1.807) is 6.08 Å². The highest BCUT2D eigenvalue weighted by atomic mass is 16.5. The number of unbranched alkanes of at least 4 members (excludes halogenated alkanes) is 42. The average molecular weight is 971 g/mol. The van der Waals surface area contributed by atoms with Crippen LogP contribution in [0.5, 0.6) is 0 Å². The number of aliphatic hydroxyl groups excluding tert-OH is 2. The molecule has 0 aromatic carbocycles. The second-order valence-electron chi connectivity index (χ2n) is 21.0. The zero-order valence-electron chi connectivity index (χ0n) is 46.3. The van der Waals surface area contributed by atoms with E-state index >= 15 is 0 Å². The zero-order chi connectivity index (χ0) is 50.0. The summed E-state index contributed by atoms with van der Waals surface area (Å²) in [6.07, 6.45) is 73.5. The third-order valence-corrected chi connectivity index (χ3v) is 14.1. The standard InChI is InChI=1S/C63H119NO5/c1-3-5-7-9-11-13-14-37-41-45-49-53-57-63(68)69-58-54-50-46-42-38-35-33-31-29-27-25-23-21-19-17-15-16-18-20-22-24-26-28-30-32-34-36-40-44-48-52-56-62(67)64-60(59-65)61(66)55-51-47-43-39-12-10-8-6-4-2/h11,13,17,19,51,55,60-61,65-66H,3-10,12,14-16,18,20-50,52-54,56-59H2,1-2H3,(H,64,67)/b13-11-,19-17-,55-51+. The lowest BCUT2D eigenvalue weighted by molar-refractivity contribution is -0.143. The van der Waals surface area contributed by atoms with Crippen molar-refractivity contribution in [1.29, 1.82) is 0 Å². The largest absolute Gasteiger partial charge is 0.466 e. The summed E-state index contributed by atoms with van der Waals surface area (Å²) in [5, 5.41) is 22.9. The predicted octanol–water partition coefficient (Wildman–Crippen LogP) is 19.2. The molecular formula is C63H119NO5. The molecule has 3 N–H and O–H groups in total. The Morgan fingerprint density at radius 3 is 1.06 bits per heavy atom. The highest BCUT2D eigenvalue weighted by Crippen LogP contribution is 2.17. The molecule has 69 heavy (non-hydrogen) atoms. The molecular weight excluding hydrogens is 851 g/mol. The minimum atomic E-state index is -0.840. The SMILES string of the molecule is CCCCC/C=C\CCCCCCCC(=O)OCCCCCCCCCCCCCC/C=C\CCCCCCCCCCCCCCCCCC(=O)NC(CO)C(O)/C=C/CCCCCCCCC. The van der Waals surface area contributed by atoms with Crippen LogP contribution in [0.4, 0.5) is 0 Å². The average Bonchev–Trinajstić information content (AvgIpc) is 3.35. The van der Waals surface area contributed by atoms with E-state index in [0.29, 0.717) is 19.4 Å². The molecule has 0 fully saturated rings. The summed E-state index contributed by atoms with van der Waals surface area (Å²) in [6, 6.07) is -0.624. The van der Waals surface area contributed by atoms with Gasteiger partial charge in [-0.2, -0.15) is 0 Å². The van der Waals surface area contributed by atoms with E-state index in [1.165, 1.54) is 257 Å². The minimum Gasteiger partial charge on any atom is -0.466 e. The number of carbonyl (C=O) groups excluding carboxylic acids is 2. The molecule has 0 aliphatic rings. The zero-order valence-corrected chi connectivity index (χ0v) is 46.3. The van der Waals surface area contributed by atoms with Crippen molar-refractivity contribution >= 4 is 11.9 Å². The number of carbonyl (C=O) groups is 2. The van der Waals surface area contributed by atoms with Crippen LogP contribution in [0.3, 0.4) is 0 Å². The second-order valence-corrected chi connectivity index (χ2v) is 21.0. The summed E-state index contributed by atoms with van der Waals surface area (Å²) >= 11 is 0. The molecule has 6 heteroatoms. The maximum atomic E-state index is 12.4. The molecule has 2 atom stereocenters. The highest BCUT2D eigenvalue weighted by molar-refractivity contribution is 5.76. The molecule has 6 nitrogen and oxygen atoms in total. The molecule has 0 spiro atoms. The Hall–Kier alpha value is -1.92. The van der Waals surface area contributed by atoms with Crippen LogP contribution in [-0.2, 0) is 14.3 Å². The van der Waals surface area contributed by atoms with Crippen molar-refractivity contribution in [2.24, 2.45) is 0 Å². The number of esters is 1. The van der Waals surface area contributed by atoms with E-state index in [0.717, 1.165) is 44.9 Å². The number of nitrogens with one attached hydrogen (secondary N) is 1. The van der Waals surface area contributed by atoms with E-state index in [4.69, 9.17) is 4.74 Å². The predicted molar refractivity (Wildman–Crippen MR) is 301 cm³/mol. The van der Waals surface area contributed by atoms with E-state index in [1.807, 2.05) is 6.08 Å². The monoisotopic (exact) mass is 970 g/mol. The molecule has 0 aliphatic carbocycles. The molecule has 406 valence electrons. The first-order valence-electron chi connectivity index (χ1n) is 30.8. The van der Waals surface area contributed by atoms with Gasteiger partial charge >= 0.3 is 5.97 Å². The molecule has 0 aromatic heterocycles.